The summed E-state index contributed by atoms with van der Waals surface area (Å²) in [6.45, 7) is 12.0. The van der Waals surface area contributed by atoms with Crippen LogP contribution in [0.5, 0.6) is 5.75 Å². The third-order valence-electron chi connectivity index (χ3n) is 9.39. The van der Waals surface area contributed by atoms with E-state index in [2.05, 4.69) is 38.3 Å². The fourth-order valence-corrected chi connectivity index (χ4v) is 8.22. The molecule has 3 aliphatic carbocycles. The zero-order chi connectivity index (χ0) is 30.4. The highest BCUT2D eigenvalue weighted by Crippen LogP contribution is 2.55. The number of hydrogen-bond acceptors (Lipinski definition) is 9. The average molecular weight is 568 g/mol. The van der Waals surface area contributed by atoms with Gasteiger partial charge >= 0.3 is 0 Å². The number of phenols is 1. The van der Waals surface area contributed by atoms with Crippen LogP contribution < -0.4 is 16.4 Å². The van der Waals surface area contributed by atoms with Crippen LogP contribution in [0.4, 0.5) is 5.69 Å². The third-order valence-corrected chi connectivity index (χ3v) is 9.39. The Morgan fingerprint density at radius 2 is 1.68 bits per heavy atom. The molecule has 4 aliphatic rings. The van der Waals surface area contributed by atoms with Crippen molar-refractivity contribution in [2.45, 2.75) is 89.9 Å². The Bertz CT molecular complexity index is 1410. The van der Waals surface area contributed by atoms with E-state index in [0.717, 1.165) is 12.8 Å². The highest BCUT2D eigenvalue weighted by Gasteiger charge is 2.64. The second kappa shape index (κ2) is 9.32. The molecule has 0 aromatic heterocycles. The zero-order valence-corrected chi connectivity index (χ0v) is 24.5. The van der Waals surface area contributed by atoms with E-state index in [1.165, 1.54) is 0 Å². The molecule has 1 aliphatic heterocycles. The lowest BCUT2D eigenvalue weighted by Gasteiger charge is -2.50. The van der Waals surface area contributed by atoms with Crippen LogP contribution in [-0.4, -0.2) is 60.6 Å². The minimum atomic E-state index is -2.61. The molecular formula is C31H41N3O7. The molecule has 10 heteroatoms. The Balaban J connectivity index is 1.58. The number of rotatable bonds is 4. The third kappa shape index (κ3) is 4.43. The van der Waals surface area contributed by atoms with Crippen LogP contribution in [-0.2, 0) is 20.8 Å². The SMILES string of the molecule is CC(C)[C@@H]1C(=O)C(C(N)=O)=C(O)[C@@]2(O)C(=O)C3=C(O)c4c(ccc(NC5CC(C)(C)NC(C)(C)C5)c4O)C[C@H]3C[C@@H]12. The standard InChI is InChI=1S/C31H41N3O7/c1-13(2)19-17-10-15-9-14-7-8-18(33-16-11-29(3,4)34-30(5,6)12-16)23(35)20(14)25(37)21(15)26(38)31(17,41)27(39)22(24(19)36)28(32)40/h7-8,13,15-17,19,33-35,37,39,41H,9-12H2,1-6H3,(H2,32,40)/t15-,17-,19-,31-/m0/s1. The molecule has 1 aromatic rings. The van der Waals surface area contributed by atoms with Crippen LogP contribution in [0.2, 0.25) is 0 Å². The Hall–Kier alpha value is -3.37. The highest BCUT2D eigenvalue weighted by atomic mass is 16.3. The number of aliphatic hydroxyl groups excluding tert-OH is 2. The lowest BCUT2D eigenvalue weighted by molar-refractivity contribution is -0.155. The van der Waals surface area contributed by atoms with E-state index < -0.39 is 57.9 Å². The van der Waals surface area contributed by atoms with Crippen molar-refractivity contribution in [3.05, 3.63) is 40.2 Å². The van der Waals surface area contributed by atoms with Crippen LogP contribution in [0, 0.1) is 23.7 Å². The molecule has 1 heterocycles. The number of anilines is 1. The topological polar surface area (TPSA) is 182 Å². The van der Waals surface area contributed by atoms with E-state index in [1.54, 1.807) is 19.9 Å². The summed E-state index contributed by atoms with van der Waals surface area (Å²) in [7, 11) is 0. The average Bonchev–Trinajstić information content (AvgIpc) is 2.80. The summed E-state index contributed by atoms with van der Waals surface area (Å²) < 4.78 is 0. The summed E-state index contributed by atoms with van der Waals surface area (Å²) in [4.78, 5) is 39.4. The number of fused-ring (bicyclic) bond motifs is 3. The number of aliphatic hydroxyl groups is 3. The number of nitrogens with one attached hydrogen (secondary N) is 2. The summed E-state index contributed by atoms with van der Waals surface area (Å²) >= 11 is 0. The molecule has 41 heavy (non-hydrogen) atoms. The second-order valence-electron chi connectivity index (χ2n) is 14.0. The number of primary amides is 1. The van der Waals surface area contributed by atoms with Gasteiger partial charge in [-0.2, -0.15) is 0 Å². The van der Waals surface area contributed by atoms with Crippen molar-refractivity contribution in [1.82, 2.24) is 5.32 Å². The van der Waals surface area contributed by atoms with Gasteiger partial charge in [-0.25, -0.2) is 0 Å². The van der Waals surface area contributed by atoms with Crippen molar-refractivity contribution in [3.63, 3.8) is 0 Å². The van der Waals surface area contributed by atoms with Gasteiger partial charge < -0.3 is 36.8 Å². The van der Waals surface area contributed by atoms with Gasteiger partial charge in [0.25, 0.3) is 5.91 Å². The number of phenolic OH excluding ortho intramolecular Hbond substituents is 1. The number of amides is 1. The summed E-state index contributed by atoms with van der Waals surface area (Å²) in [5.41, 5.74) is 2.71. The molecule has 1 saturated carbocycles. The number of nitrogens with two attached hydrogens (primary N) is 1. The summed E-state index contributed by atoms with van der Waals surface area (Å²) in [5.74, 6) is -7.57. The largest absolute Gasteiger partial charge is 0.508 e. The number of carbonyl (C=O) groups excluding carboxylic acids is 3. The van der Waals surface area contributed by atoms with Crippen molar-refractivity contribution in [2.75, 3.05) is 5.32 Å². The maximum absolute atomic E-state index is 14.0. The Kier molecular flexibility index (Phi) is 6.62. The molecule has 0 bridgehead atoms. The van der Waals surface area contributed by atoms with Gasteiger partial charge in [-0.05, 0) is 76.8 Å². The minimum Gasteiger partial charge on any atom is -0.508 e. The van der Waals surface area contributed by atoms with E-state index in [-0.39, 0.29) is 52.8 Å². The molecule has 2 fully saturated rings. The van der Waals surface area contributed by atoms with Gasteiger partial charge in [0.1, 0.15) is 22.8 Å². The lowest BCUT2D eigenvalue weighted by Crippen LogP contribution is -2.62. The molecule has 222 valence electrons. The monoisotopic (exact) mass is 567 g/mol. The first-order valence-electron chi connectivity index (χ1n) is 14.3. The van der Waals surface area contributed by atoms with E-state index in [9.17, 15) is 34.8 Å². The molecule has 10 nitrogen and oxygen atoms in total. The Labute approximate surface area is 239 Å². The van der Waals surface area contributed by atoms with E-state index in [1.807, 2.05) is 6.07 Å². The van der Waals surface area contributed by atoms with E-state index >= 15 is 0 Å². The van der Waals surface area contributed by atoms with Crippen LogP contribution >= 0.6 is 0 Å². The number of ketones is 2. The fourth-order valence-electron chi connectivity index (χ4n) is 8.22. The molecule has 1 aromatic carbocycles. The molecule has 4 atom stereocenters. The first kappa shape index (κ1) is 29.1. The fraction of sp³-hybridized carbons (Fsp3) is 0.581. The second-order valence-corrected chi connectivity index (χ2v) is 14.0. The molecule has 0 spiro atoms. The maximum atomic E-state index is 14.0. The maximum Gasteiger partial charge on any atom is 0.255 e. The molecule has 1 saturated heterocycles. The Morgan fingerprint density at radius 3 is 2.24 bits per heavy atom. The smallest absolute Gasteiger partial charge is 0.255 e. The van der Waals surface area contributed by atoms with Crippen molar-refractivity contribution >= 4 is 28.9 Å². The van der Waals surface area contributed by atoms with Crippen LogP contribution in [0.1, 0.15) is 71.9 Å². The predicted octanol–water partition coefficient (Wildman–Crippen LogP) is 3.03. The number of carbonyl (C=O) groups is 3. The van der Waals surface area contributed by atoms with E-state index in [4.69, 9.17) is 5.73 Å². The van der Waals surface area contributed by atoms with Gasteiger partial charge in [-0.3, -0.25) is 14.4 Å². The van der Waals surface area contributed by atoms with Crippen molar-refractivity contribution < 1.29 is 34.8 Å². The van der Waals surface area contributed by atoms with Gasteiger partial charge in [-0.15, -0.1) is 0 Å². The molecule has 1 amide bonds. The zero-order valence-electron chi connectivity index (χ0n) is 24.5. The first-order chi connectivity index (χ1) is 18.9. The quantitative estimate of drug-likeness (QED) is 0.212. The molecule has 5 rings (SSSR count). The molecule has 8 N–H and O–H groups in total. The van der Waals surface area contributed by atoms with E-state index in [0.29, 0.717) is 11.3 Å². The number of Topliss-reactive ketones (excluding diaryl/α,β-unsaturated/α-hetero) is 2. The molecular weight excluding hydrogens is 526 g/mol. The number of aromatic hydroxyl groups is 1. The van der Waals surface area contributed by atoms with Crippen molar-refractivity contribution in [3.8, 4) is 5.75 Å². The predicted molar refractivity (Wildman–Crippen MR) is 153 cm³/mol. The van der Waals surface area contributed by atoms with Crippen LogP contribution in [0.15, 0.2) is 29.0 Å². The van der Waals surface area contributed by atoms with Gasteiger partial charge in [0.05, 0.1) is 11.3 Å². The normalized spacial score (nSPS) is 31.1. The summed E-state index contributed by atoms with van der Waals surface area (Å²) in [6, 6.07) is 3.60. The van der Waals surface area contributed by atoms with Crippen molar-refractivity contribution in [2.24, 2.45) is 29.4 Å². The lowest BCUT2D eigenvalue weighted by atomic mass is 9.54. The van der Waals surface area contributed by atoms with Gasteiger partial charge in [0.2, 0.25) is 5.78 Å². The first-order valence-corrected chi connectivity index (χ1v) is 14.3. The molecule has 0 unspecified atom stereocenters. The summed E-state index contributed by atoms with van der Waals surface area (Å²) in [5, 5.41) is 52.7. The molecule has 0 radical (unpaired) electrons. The number of hydrogen-bond donors (Lipinski definition) is 7. The highest BCUT2D eigenvalue weighted by molar-refractivity contribution is 6.23. The minimum absolute atomic E-state index is 0.0242. The van der Waals surface area contributed by atoms with Crippen molar-refractivity contribution in [1.29, 1.82) is 0 Å². The Morgan fingerprint density at radius 1 is 1.07 bits per heavy atom. The van der Waals surface area contributed by atoms with Gasteiger partial charge in [-0.1, -0.05) is 19.9 Å². The summed E-state index contributed by atoms with van der Waals surface area (Å²) in [6.07, 6.45) is 1.96. The number of benzene rings is 1. The number of piperidine rings is 1. The van der Waals surface area contributed by atoms with Gasteiger partial charge in [0.15, 0.2) is 11.4 Å². The van der Waals surface area contributed by atoms with Crippen LogP contribution in [0.25, 0.3) is 5.76 Å². The van der Waals surface area contributed by atoms with Crippen LogP contribution in [0.3, 0.4) is 0 Å². The van der Waals surface area contributed by atoms with Gasteiger partial charge in [0, 0.05) is 34.5 Å².